The zero-order valence-electron chi connectivity index (χ0n) is 12.5. The summed E-state index contributed by atoms with van der Waals surface area (Å²) in [4.78, 5) is 21.1. The molecular formula is C16H17O5PS. The highest BCUT2D eigenvalue weighted by molar-refractivity contribution is 8.04. The van der Waals surface area contributed by atoms with Crippen LogP contribution in [0.15, 0.2) is 59.5 Å². The average molecular weight is 352 g/mol. The molecule has 0 spiro atoms. The second-order valence-corrected chi connectivity index (χ2v) is 8.12. The van der Waals surface area contributed by atoms with E-state index in [0.717, 1.165) is 0 Å². The van der Waals surface area contributed by atoms with Gasteiger partial charge in [0.2, 0.25) is 0 Å². The summed E-state index contributed by atoms with van der Waals surface area (Å²) < 4.78 is 17.6. The molecule has 0 radical (unpaired) electrons. The van der Waals surface area contributed by atoms with E-state index in [-0.39, 0.29) is 12.2 Å². The Balaban J connectivity index is 2.31. The number of benzene rings is 2. The van der Waals surface area contributed by atoms with Crippen LogP contribution in [-0.4, -0.2) is 22.6 Å². The van der Waals surface area contributed by atoms with Crippen molar-refractivity contribution in [3.63, 3.8) is 0 Å². The van der Waals surface area contributed by atoms with Crippen LogP contribution in [-0.2, 0) is 9.09 Å². The number of aromatic carboxylic acids is 1. The van der Waals surface area contributed by atoms with Crippen molar-refractivity contribution in [1.29, 1.82) is 0 Å². The highest BCUT2D eigenvalue weighted by Gasteiger charge is 2.34. The van der Waals surface area contributed by atoms with Gasteiger partial charge in [-0.1, -0.05) is 30.3 Å². The topological polar surface area (TPSA) is 83.8 Å². The second kappa shape index (κ2) is 7.79. The minimum absolute atomic E-state index is 0.135. The van der Waals surface area contributed by atoms with E-state index in [0.29, 0.717) is 10.5 Å². The molecule has 2 aromatic rings. The molecule has 7 heteroatoms. The summed E-state index contributed by atoms with van der Waals surface area (Å²) in [7, 11) is -3.87. The van der Waals surface area contributed by atoms with Crippen molar-refractivity contribution in [2.45, 2.75) is 16.8 Å². The summed E-state index contributed by atoms with van der Waals surface area (Å²) in [5, 5.41) is 8.92. The van der Waals surface area contributed by atoms with Crippen LogP contribution in [0, 0.1) is 0 Å². The minimum atomic E-state index is -3.87. The van der Waals surface area contributed by atoms with E-state index in [9.17, 15) is 14.3 Å². The fourth-order valence-electron chi connectivity index (χ4n) is 2.00. The number of hydrogen-bond acceptors (Lipinski definition) is 4. The fraction of sp³-hybridized carbons (Fsp3) is 0.188. The van der Waals surface area contributed by atoms with Crippen LogP contribution in [0.4, 0.5) is 0 Å². The molecule has 2 aromatic carbocycles. The van der Waals surface area contributed by atoms with Crippen LogP contribution >= 0.6 is 19.4 Å². The van der Waals surface area contributed by atoms with Gasteiger partial charge in [-0.25, -0.2) is 4.79 Å². The summed E-state index contributed by atoms with van der Waals surface area (Å²) >= 11 is 1.18. The predicted octanol–water partition coefficient (Wildman–Crippen LogP) is 4.40. The lowest BCUT2D eigenvalue weighted by Gasteiger charge is -2.22. The van der Waals surface area contributed by atoms with Gasteiger partial charge in [-0.3, -0.25) is 4.57 Å². The van der Waals surface area contributed by atoms with Crippen molar-refractivity contribution in [3.05, 3.63) is 65.7 Å². The van der Waals surface area contributed by atoms with Gasteiger partial charge in [0.15, 0.2) is 0 Å². The summed E-state index contributed by atoms with van der Waals surface area (Å²) in [6, 6.07) is 15.1. The number of thioether (sulfide) groups is 1. The highest BCUT2D eigenvalue weighted by atomic mass is 32.2. The summed E-state index contributed by atoms with van der Waals surface area (Å²) in [6.45, 7) is 1.80. The van der Waals surface area contributed by atoms with Crippen molar-refractivity contribution >= 4 is 25.3 Å². The van der Waals surface area contributed by atoms with Gasteiger partial charge in [-0.05, 0) is 36.8 Å². The maximum Gasteiger partial charge on any atom is 0.345 e. The van der Waals surface area contributed by atoms with E-state index in [1.165, 1.54) is 23.9 Å². The van der Waals surface area contributed by atoms with E-state index in [1.807, 2.05) is 6.07 Å². The molecule has 0 amide bonds. The highest BCUT2D eigenvalue weighted by Crippen LogP contribution is 2.63. The lowest BCUT2D eigenvalue weighted by atomic mass is 10.2. The lowest BCUT2D eigenvalue weighted by Crippen LogP contribution is -2.00. The first-order valence-electron chi connectivity index (χ1n) is 6.96. The average Bonchev–Trinajstić information content (AvgIpc) is 2.53. The summed E-state index contributed by atoms with van der Waals surface area (Å²) in [5.74, 6) is -1.01. The monoisotopic (exact) mass is 352 g/mol. The third-order valence-corrected chi connectivity index (χ3v) is 6.72. The number of rotatable bonds is 7. The number of carboxylic acids is 1. The SMILES string of the molecule is CCOP(=O)(O)C(Sc1ccc(C(=O)O)cc1)c1ccccc1. The zero-order chi connectivity index (χ0) is 16.9. The van der Waals surface area contributed by atoms with Crippen LogP contribution in [0.1, 0.15) is 27.8 Å². The van der Waals surface area contributed by atoms with Crippen molar-refractivity contribution in [2.75, 3.05) is 6.61 Å². The molecule has 0 heterocycles. The molecule has 0 saturated carbocycles. The van der Waals surface area contributed by atoms with E-state index in [1.54, 1.807) is 43.3 Å². The molecular weight excluding hydrogens is 335 g/mol. The van der Waals surface area contributed by atoms with Gasteiger partial charge < -0.3 is 14.5 Å². The fourth-order valence-corrected chi connectivity index (χ4v) is 4.98. The molecule has 122 valence electrons. The Morgan fingerprint density at radius 3 is 2.30 bits per heavy atom. The molecule has 2 N–H and O–H groups in total. The molecule has 0 bridgehead atoms. The maximum absolute atomic E-state index is 12.5. The molecule has 5 nitrogen and oxygen atoms in total. The van der Waals surface area contributed by atoms with Crippen LogP contribution in [0.3, 0.4) is 0 Å². The number of hydrogen-bond donors (Lipinski definition) is 2. The first-order chi connectivity index (χ1) is 10.9. The van der Waals surface area contributed by atoms with Crippen LogP contribution < -0.4 is 0 Å². The maximum atomic E-state index is 12.5. The van der Waals surface area contributed by atoms with Gasteiger partial charge in [-0.15, -0.1) is 11.8 Å². The Bertz CT molecular complexity index is 702. The van der Waals surface area contributed by atoms with Crippen molar-refractivity contribution in [3.8, 4) is 0 Å². The van der Waals surface area contributed by atoms with E-state index in [2.05, 4.69) is 0 Å². The van der Waals surface area contributed by atoms with Gasteiger partial charge in [0.05, 0.1) is 12.2 Å². The molecule has 2 unspecified atom stereocenters. The predicted molar refractivity (Wildman–Crippen MR) is 89.9 cm³/mol. The number of carbonyl (C=O) groups is 1. The molecule has 0 saturated heterocycles. The van der Waals surface area contributed by atoms with Gasteiger partial charge in [0, 0.05) is 4.90 Å². The quantitative estimate of drug-likeness (QED) is 0.568. The summed E-state index contributed by atoms with van der Waals surface area (Å²) in [6.07, 6.45) is 0. The first kappa shape index (κ1) is 17.8. The molecule has 0 aliphatic heterocycles. The van der Waals surface area contributed by atoms with E-state index < -0.39 is 18.6 Å². The molecule has 23 heavy (non-hydrogen) atoms. The van der Waals surface area contributed by atoms with Crippen molar-refractivity contribution in [1.82, 2.24) is 0 Å². The normalized spacial score (nSPS) is 14.9. The Morgan fingerprint density at radius 2 is 1.78 bits per heavy atom. The molecule has 0 fully saturated rings. The number of carboxylic acid groups (broad SMARTS) is 1. The van der Waals surface area contributed by atoms with Crippen LogP contribution in [0.25, 0.3) is 0 Å². The standard InChI is InChI=1S/C16H17O5PS/c1-2-21-22(19,20)16(13-6-4-3-5-7-13)23-14-10-8-12(9-11-14)15(17)18/h3-11,16H,2H2,1H3,(H,17,18)(H,19,20). The van der Waals surface area contributed by atoms with Gasteiger partial charge in [-0.2, -0.15) is 0 Å². The van der Waals surface area contributed by atoms with Crippen LogP contribution in [0.2, 0.25) is 0 Å². The largest absolute Gasteiger partial charge is 0.478 e. The Kier molecular flexibility index (Phi) is 6.02. The van der Waals surface area contributed by atoms with Gasteiger partial charge in [0.25, 0.3) is 0 Å². The van der Waals surface area contributed by atoms with Gasteiger partial charge in [0.1, 0.15) is 4.99 Å². The van der Waals surface area contributed by atoms with Crippen molar-refractivity contribution in [2.24, 2.45) is 0 Å². The third kappa shape index (κ3) is 4.69. The van der Waals surface area contributed by atoms with Crippen molar-refractivity contribution < 1.29 is 23.9 Å². The van der Waals surface area contributed by atoms with E-state index >= 15 is 0 Å². The molecule has 2 atom stereocenters. The third-order valence-electron chi connectivity index (χ3n) is 3.04. The minimum Gasteiger partial charge on any atom is -0.478 e. The molecule has 0 aliphatic carbocycles. The molecule has 0 aromatic heterocycles. The zero-order valence-corrected chi connectivity index (χ0v) is 14.2. The van der Waals surface area contributed by atoms with Crippen LogP contribution in [0.5, 0.6) is 0 Å². The van der Waals surface area contributed by atoms with E-state index in [4.69, 9.17) is 9.63 Å². The molecule has 0 aliphatic rings. The van der Waals surface area contributed by atoms with Gasteiger partial charge >= 0.3 is 13.6 Å². The Morgan fingerprint density at radius 1 is 1.17 bits per heavy atom. The second-order valence-electron chi connectivity index (χ2n) is 4.69. The first-order valence-corrected chi connectivity index (χ1v) is 9.48. The summed E-state index contributed by atoms with van der Waals surface area (Å²) in [5.41, 5.74) is 0.849. The lowest BCUT2D eigenvalue weighted by molar-refractivity contribution is 0.0696. The Hall–Kier alpha value is -1.59. The smallest absolute Gasteiger partial charge is 0.345 e. The Labute approximate surface area is 138 Å². The molecule has 2 rings (SSSR count).